The van der Waals surface area contributed by atoms with Crippen LogP contribution in [-0.4, -0.2) is 39.3 Å². The quantitative estimate of drug-likeness (QED) is 0.415. The van der Waals surface area contributed by atoms with Gasteiger partial charge in [0.25, 0.3) is 5.56 Å². The van der Waals surface area contributed by atoms with Crippen LogP contribution in [0.1, 0.15) is 32.0 Å². The number of nitrogens with one attached hydrogen (secondary N) is 1. The zero-order chi connectivity index (χ0) is 22.7. The minimum absolute atomic E-state index is 0.0420. The number of hydrogen-bond acceptors (Lipinski definition) is 7. The van der Waals surface area contributed by atoms with E-state index in [1.54, 1.807) is 37.0 Å². The van der Waals surface area contributed by atoms with Gasteiger partial charge in [0.2, 0.25) is 11.7 Å². The Kier molecular flexibility index (Phi) is 6.40. The molecule has 1 amide bonds. The predicted molar refractivity (Wildman–Crippen MR) is 124 cm³/mol. The highest BCUT2D eigenvalue weighted by Crippen LogP contribution is 2.26. The number of hydrogen-bond donors (Lipinski definition) is 1. The maximum atomic E-state index is 12.9. The Morgan fingerprint density at radius 3 is 2.59 bits per heavy atom. The summed E-state index contributed by atoms with van der Waals surface area (Å²) in [4.78, 5) is 25.5. The fourth-order valence-electron chi connectivity index (χ4n) is 3.59. The molecule has 0 atom stereocenters. The number of rotatable bonds is 9. The van der Waals surface area contributed by atoms with Crippen molar-refractivity contribution in [1.29, 1.82) is 0 Å². The third-order valence-corrected chi connectivity index (χ3v) is 6.12. The summed E-state index contributed by atoms with van der Waals surface area (Å²) < 4.78 is 14.7. The van der Waals surface area contributed by atoms with Crippen LogP contribution in [0.3, 0.4) is 0 Å². The second-order valence-electron chi connectivity index (χ2n) is 7.35. The van der Waals surface area contributed by atoms with Gasteiger partial charge in [0.05, 0.1) is 19.7 Å². The summed E-state index contributed by atoms with van der Waals surface area (Å²) >= 11 is 1.41. The van der Waals surface area contributed by atoms with Gasteiger partial charge in [0, 0.05) is 43.3 Å². The summed E-state index contributed by atoms with van der Waals surface area (Å²) in [5, 5.41) is 13.4. The highest BCUT2D eigenvalue weighted by molar-refractivity contribution is 7.17. The lowest BCUT2D eigenvalue weighted by Crippen LogP contribution is -2.23. The van der Waals surface area contributed by atoms with Crippen molar-refractivity contribution in [3.8, 4) is 11.5 Å². The van der Waals surface area contributed by atoms with Crippen molar-refractivity contribution < 1.29 is 14.3 Å². The van der Waals surface area contributed by atoms with Crippen molar-refractivity contribution in [3.63, 3.8) is 0 Å². The second-order valence-corrected chi connectivity index (χ2v) is 8.26. The Morgan fingerprint density at radius 2 is 1.91 bits per heavy atom. The van der Waals surface area contributed by atoms with Gasteiger partial charge in [-0.25, -0.2) is 0 Å². The predicted octanol–water partition coefficient (Wildman–Crippen LogP) is 3.49. The average molecular weight is 456 g/mol. The number of aryl methyl sites for hydroxylation is 2. The molecule has 0 radical (unpaired) electrons. The topological polar surface area (TPSA) is 99.8 Å². The minimum atomic E-state index is -0.169. The highest BCUT2D eigenvalue weighted by atomic mass is 32.1. The van der Waals surface area contributed by atoms with Gasteiger partial charge in [-0.2, -0.15) is 0 Å². The zero-order valence-electron chi connectivity index (χ0n) is 18.3. The molecule has 0 aliphatic rings. The number of benzene rings is 1. The number of fused-ring (bicyclic) bond motifs is 3. The van der Waals surface area contributed by atoms with Crippen LogP contribution < -0.4 is 20.3 Å². The van der Waals surface area contributed by atoms with E-state index in [2.05, 4.69) is 22.4 Å². The van der Waals surface area contributed by atoms with E-state index in [0.29, 0.717) is 46.5 Å². The molecule has 4 aromatic rings. The van der Waals surface area contributed by atoms with E-state index in [1.165, 1.54) is 11.3 Å². The average Bonchev–Trinajstić information content (AvgIpc) is 3.44. The fourth-order valence-corrected chi connectivity index (χ4v) is 4.41. The van der Waals surface area contributed by atoms with Gasteiger partial charge in [-0.15, -0.1) is 21.5 Å². The van der Waals surface area contributed by atoms with Crippen molar-refractivity contribution in [1.82, 2.24) is 19.2 Å². The molecule has 9 nitrogen and oxygen atoms in total. The fraction of sp³-hybridized carbons (Fsp3) is 0.364. The lowest BCUT2D eigenvalue weighted by atomic mass is 10.2. The molecular formula is C22H25N5O4S. The molecule has 10 heteroatoms. The first-order valence-electron chi connectivity index (χ1n) is 10.4. The van der Waals surface area contributed by atoms with Crippen LogP contribution in [0.2, 0.25) is 0 Å². The summed E-state index contributed by atoms with van der Waals surface area (Å²) in [5.41, 5.74) is 1.33. The second kappa shape index (κ2) is 9.39. The number of unbranched alkanes of at least 4 members (excludes halogenated alkanes) is 1. The Balaban J connectivity index is 1.58. The van der Waals surface area contributed by atoms with Crippen molar-refractivity contribution >= 4 is 38.9 Å². The molecule has 0 aliphatic carbocycles. The monoisotopic (exact) mass is 455 g/mol. The lowest BCUT2D eigenvalue weighted by Gasteiger charge is -2.10. The molecule has 1 aromatic carbocycles. The molecule has 4 rings (SSSR count). The van der Waals surface area contributed by atoms with Crippen molar-refractivity contribution in [2.75, 3.05) is 19.5 Å². The number of thiophene rings is 1. The smallest absolute Gasteiger partial charge is 0.272 e. The molecule has 32 heavy (non-hydrogen) atoms. The summed E-state index contributed by atoms with van der Waals surface area (Å²) in [6, 6.07) is 7.10. The summed E-state index contributed by atoms with van der Waals surface area (Å²) in [5.74, 6) is 2.17. The van der Waals surface area contributed by atoms with Gasteiger partial charge in [0.1, 0.15) is 22.0 Å². The van der Waals surface area contributed by atoms with Gasteiger partial charge >= 0.3 is 0 Å². The SMILES string of the molecule is CCCCn1c(=O)c2sccc2n2c(CCC(=O)Nc3cc(OC)cc(OC)c3)nnc12. The lowest BCUT2D eigenvalue weighted by molar-refractivity contribution is -0.116. The van der Waals surface area contributed by atoms with Crippen molar-refractivity contribution in [3.05, 3.63) is 45.8 Å². The summed E-state index contributed by atoms with van der Waals surface area (Å²) in [7, 11) is 3.12. The third-order valence-electron chi connectivity index (χ3n) is 5.23. The molecule has 168 valence electrons. The van der Waals surface area contributed by atoms with Crippen LogP contribution in [-0.2, 0) is 17.8 Å². The molecule has 3 heterocycles. The zero-order valence-corrected chi connectivity index (χ0v) is 19.1. The van der Waals surface area contributed by atoms with Crippen molar-refractivity contribution in [2.45, 2.75) is 39.2 Å². The normalized spacial score (nSPS) is 11.2. The standard InChI is InChI=1S/C22H25N5O4S/c1-4-5-9-26-21(29)20-17(8-10-32-20)27-18(24-25-22(26)27)6-7-19(28)23-14-11-15(30-2)13-16(12-14)31-3/h8,10-13H,4-7,9H2,1-3H3,(H,23,28). The van der Waals surface area contributed by atoms with Crippen LogP contribution in [0.15, 0.2) is 34.4 Å². The van der Waals surface area contributed by atoms with Crippen LogP contribution >= 0.6 is 11.3 Å². The maximum absolute atomic E-state index is 12.9. The van der Waals surface area contributed by atoms with Crippen LogP contribution in [0.5, 0.6) is 11.5 Å². The van der Waals surface area contributed by atoms with Crippen molar-refractivity contribution in [2.24, 2.45) is 0 Å². The third kappa shape index (κ3) is 4.18. The number of aromatic nitrogens is 4. The number of ether oxygens (including phenoxy) is 2. The van der Waals surface area contributed by atoms with Crippen LogP contribution in [0.25, 0.3) is 16.0 Å². The van der Waals surface area contributed by atoms with Gasteiger partial charge in [0.15, 0.2) is 0 Å². The van der Waals surface area contributed by atoms with E-state index in [4.69, 9.17) is 9.47 Å². The molecule has 0 saturated heterocycles. The first kappa shape index (κ1) is 21.8. The Bertz CT molecular complexity index is 1300. The van der Waals surface area contributed by atoms with E-state index in [0.717, 1.165) is 18.4 Å². The molecule has 0 unspecified atom stereocenters. The van der Waals surface area contributed by atoms with Gasteiger partial charge in [-0.1, -0.05) is 13.3 Å². The molecule has 0 bridgehead atoms. The molecule has 3 aromatic heterocycles. The van der Waals surface area contributed by atoms with E-state index in [-0.39, 0.29) is 17.9 Å². The number of amides is 1. The molecule has 1 N–H and O–H groups in total. The Morgan fingerprint density at radius 1 is 1.16 bits per heavy atom. The largest absolute Gasteiger partial charge is 0.497 e. The van der Waals surface area contributed by atoms with Crippen LogP contribution in [0.4, 0.5) is 5.69 Å². The molecule has 0 spiro atoms. The molecule has 0 saturated carbocycles. The maximum Gasteiger partial charge on any atom is 0.272 e. The van der Waals surface area contributed by atoms with E-state index >= 15 is 0 Å². The molecular weight excluding hydrogens is 430 g/mol. The number of anilines is 1. The van der Waals surface area contributed by atoms with E-state index in [9.17, 15) is 9.59 Å². The number of methoxy groups -OCH3 is 2. The van der Waals surface area contributed by atoms with E-state index < -0.39 is 0 Å². The first-order valence-corrected chi connectivity index (χ1v) is 11.3. The first-order chi connectivity index (χ1) is 15.5. The van der Waals surface area contributed by atoms with Gasteiger partial charge in [-0.05, 0) is 17.9 Å². The highest BCUT2D eigenvalue weighted by Gasteiger charge is 2.18. The summed E-state index contributed by atoms with van der Waals surface area (Å²) in [6.07, 6.45) is 2.43. The summed E-state index contributed by atoms with van der Waals surface area (Å²) in [6.45, 7) is 2.67. The Labute approximate surface area is 188 Å². The molecule has 0 fully saturated rings. The molecule has 0 aliphatic heterocycles. The number of carbonyl (C=O) groups excluding carboxylic acids is 1. The Hall–Kier alpha value is -3.40. The number of nitrogens with zero attached hydrogens (tertiary/aromatic N) is 4. The minimum Gasteiger partial charge on any atom is -0.497 e. The van der Waals surface area contributed by atoms with Gasteiger partial charge in [-0.3, -0.25) is 18.6 Å². The van der Waals surface area contributed by atoms with E-state index in [1.807, 2.05) is 15.8 Å². The number of carbonyl (C=O) groups is 1. The van der Waals surface area contributed by atoms with Gasteiger partial charge < -0.3 is 14.8 Å². The van der Waals surface area contributed by atoms with Crippen LogP contribution in [0, 0.1) is 0 Å².